The van der Waals surface area contributed by atoms with E-state index >= 15 is 0 Å². The van der Waals surface area contributed by atoms with Gasteiger partial charge in [-0.25, -0.2) is 4.79 Å². The minimum Gasteiger partial charge on any atom is -0.466 e. The molecule has 0 bridgehead atoms. The molecule has 2 unspecified atom stereocenters. The first-order chi connectivity index (χ1) is 34.8. The molecular formula is C62H126N2O8Si2. The van der Waals surface area contributed by atoms with Gasteiger partial charge in [0.25, 0.3) is 0 Å². The van der Waals surface area contributed by atoms with Gasteiger partial charge >= 0.3 is 18.0 Å². The van der Waals surface area contributed by atoms with Crippen molar-refractivity contribution in [2.75, 3.05) is 32.8 Å². The molecule has 0 fully saturated rings. The maximum atomic E-state index is 13.4. The number of carbonyl (C=O) groups excluding carboxylic acids is 3. The molecule has 0 rings (SSSR count). The molecule has 2 atom stereocenters. The van der Waals surface area contributed by atoms with Crippen LogP contribution in [0.5, 0.6) is 0 Å². The molecule has 10 nitrogen and oxygen atoms in total. The predicted molar refractivity (Wildman–Crippen MR) is 320 cm³/mol. The van der Waals surface area contributed by atoms with Gasteiger partial charge in [-0.05, 0) is 121 Å². The van der Waals surface area contributed by atoms with Crippen molar-refractivity contribution in [3.8, 4) is 0 Å². The normalized spacial score (nSPS) is 13.6. The molecule has 0 aliphatic rings. The van der Waals surface area contributed by atoms with Crippen molar-refractivity contribution >= 4 is 34.7 Å². The first-order valence-corrected chi connectivity index (χ1v) is 37.0. The highest BCUT2D eigenvalue weighted by atomic mass is 28.4. The van der Waals surface area contributed by atoms with E-state index < -0.39 is 28.3 Å². The Morgan fingerprint density at radius 2 is 0.838 bits per heavy atom. The maximum absolute atomic E-state index is 13.4. The lowest BCUT2D eigenvalue weighted by Crippen LogP contribution is -2.50. The number of rotatable bonds is 47. The summed E-state index contributed by atoms with van der Waals surface area (Å²) in [6.45, 7) is 38.7. The zero-order chi connectivity index (χ0) is 55.9. The van der Waals surface area contributed by atoms with Gasteiger partial charge in [0.05, 0.1) is 18.8 Å². The molecule has 0 saturated carbocycles. The summed E-state index contributed by atoms with van der Waals surface area (Å²) >= 11 is 0. The Morgan fingerprint density at radius 1 is 0.459 bits per heavy atom. The summed E-state index contributed by atoms with van der Waals surface area (Å²) in [6, 6.07) is 0. The van der Waals surface area contributed by atoms with E-state index in [1.807, 2.05) is 20.8 Å². The summed E-state index contributed by atoms with van der Waals surface area (Å²) < 4.78 is 32.1. The number of amides is 1. The molecule has 0 aliphatic heterocycles. The Bertz CT molecular complexity index is 1380. The maximum Gasteiger partial charge on any atom is 0.407 e. The van der Waals surface area contributed by atoms with Gasteiger partial charge in [0.15, 0.2) is 16.6 Å². The number of carbonyl (C=O) groups is 3. The summed E-state index contributed by atoms with van der Waals surface area (Å²) in [5, 5.41) is 3.04. The largest absolute Gasteiger partial charge is 0.466 e. The van der Waals surface area contributed by atoms with Gasteiger partial charge in [0.1, 0.15) is 11.7 Å². The highest BCUT2D eigenvalue weighted by molar-refractivity contribution is 6.74. The first-order valence-electron chi connectivity index (χ1n) is 31.2. The van der Waals surface area contributed by atoms with Crippen LogP contribution >= 0.6 is 0 Å². The number of unbranched alkanes of at least 4 members (excludes halogenated alkanes) is 20. The van der Waals surface area contributed by atoms with E-state index in [1.54, 1.807) is 0 Å². The van der Waals surface area contributed by atoms with Crippen LogP contribution in [-0.4, -0.2) is 96.3 Å². The highest BCUT2D eigenvalue weighted by Crippen LogP contribution is 2.39. The summed E-state index contributed by atoms with van der Waals surface area (Å²) in [5.41, 5.74) is -0.568. The van der Waals surface area contributed by atoms with E-state index in [2.05, 4.69) is 98.7 Å². The number of nitrogens with zero attached hydrogens (tertiary/aromatic N) is 1. The van der Waals surface area contributed by atoms with Gasteiger partial charge in [-0.3, -0.25) is 14.5 Å². The number of hydrogen-bond acceptors (Lipinski definition) is 9. The van der Waals surface area contributed by atoms with Crippen molar-refractivity contribution < 1.29 is 37.4 Å². The van der Waals surface area contributed by atoms with Gasteiger partial charge in [-0.15, -0.1) is 0 Å². The van der Waals surface area contributed by atoms with E-state index in [4.69, 9.17) is 23.1 Å². The van der Waals surface area contributed by atoms with E-state index in [9.17, 15) is 14.4 Å². The molecule has 0 radical (unpaired) electrons. The summed E-state index contributed by atoms with van der Waals surface area (Å²) in [5.74, 6) is -0.148. The van der Waals surface area contributed by atoms with Crippen LogP contribution in [0.2, 0.25) is 36.3 Å². The number of esters is 2. The second-order valence-electron chi connectivity index (χ2n) is 26.3. The molecule has 440 valence electrons. The molecule has 0 heterocycles. The van der Waals surface area contributed by atoms with Crippen LogP contribution in [0.25, 0.3) is 0 Å². The average Bonchev–Trinajstić information content (AvgIpc) is 3.28. The van der Waals surface area contributed by atoms with Gasteiger partial charge in [0, 0.05) is 39.0 Å². The molecule has 0 aliphatic carbocycles. The summed E-state index contributed by atoms with van der Waals surface area (Å²) in [7, 11) is -4.37. The van der Waals surface area contributed by atoms with Crippen LogP contribution in [0.3, 0.4) is 0 Å². The van der Waals surface area contributed by atoms with Crippen molar-refractivity contribution in [1.82, 2.24) is 10.2 Å². The van der Waals surface area contributed by atoms with Crippen molar-refractivity contribution in [1.29, 1.82) is 0 Å². The van der Waals surface area contributed by atoms with Crippen LogP contribution in [0.4, 0.5) is 4.79 Å². The van der Waals surface area contributed by atoms with Crippen LogP contribution in [0.15, 0.2) is 0 Å². The van der Waals surface area contributed by atoms with Gasteiger partial charge in [-0.2, -0.15) is 0 Å². The van der Waals surface area contributed by atoms with Crippen molar-refractivity contribution in [3.05, 3.63) is 0 Å². The van der Waals surface area contributed by atoms with Crippen molar-refractivity contribution in [2.24, 2.45) is 0 Å². The lowest BCUT2D eigenvalue weighted by Gasteiger charge is -2.42. The smallest absolute Gasteiger partial charge is 0.407 e. The fourth-order valence-corrected chi connectivity index (χ4v) is 11.7. The zero-order valence-electron chi connectivity index (χ0n) is 52.1. The van der Waals surface area contributed by atoms with Gasteiger partial charge in [0.2, 0.25) is 0 Å². The first kappa shape index (κ1) is 72.5. The lowest BCUT2D eigenvalue weighted by molar-refractivity contribution is -0.150. The minimum atomic E-state index is -2.19. The van der Waals surface area contributed by atoms with Crippen molar-refractivity contribution in [2.45, 2.75) is 349 Å². The van der Waals surface area contributed by atoms with Gasteiger partial charge in [-0.1, -0.05) is 191 Å². The molecule has 0 aromatic heterocycles. The van der Waals surface area contributed by atoms with E-state index in [0.717, 1.165) is 90.1 Å². The van der Waals surface area contributed by atoms with Crippen molar-refractivity contribution in [3.63, 3.8) is 0 Å². The molecule has 0 saturated heterocycles. The van der Waals surface area contributed by atoms with Crippen LogP contribution in [-0.2, 0) is 32.7 Å². The molecule has 1 N–H and O–H groups in total. The third-order valence-corrected chi connectivity index (χ3v) is 24.7. The standard InChI is InChI=1S/C62H126N2O8Si2/c1-17-20-23-26-29-30-31-34-40-51-68-57(65)48-41-46-56(72-74(15,16)62(10,11)12)53-64(50-42-49-63-59(67)70-60(4,5)6)52-55(71-73(13,14)61(7,8)9)45-38-35-39-47-58(66)69-54(43-36-32-27-24-21-18-2)44-37-33-28-25-22-19-3/h54-56H,17-53H2,1-16H3,(H,63,67). The molecule has 0 spiro atoms. The molecule has 1 amide bonds. The van der Waals surface area contributed by atoms with E-state index in [0.29, 0.717) is 39.0 Å². The fourth-order valence-electron chi connectivity index (χ4n) is 8.98. The molecule has 0 aromatic carbocycles. The number of hydrogen-bond donors (Lipinski definition) is 1. The molecule has 0 aromatic rings. The summed E-state index contributed by atoms with van der Waals surface area (Å²) in [4.78, 5) is 41.6. The Hall–Kier alpha value is -1.48. The molecule has 12 heteroatoms. The summed E-state index contributed by atoms with van der Waals surface area (Å²) in [6.07, 6.45) is 34.3. The topological polar surface area (TPSA) is 113 Å². The fraction of sp³-hybridized carbons (Fsp3) is 0.952. The van der Waals surface area contributed by atoms with Crippen LogP contribution in [0, 0.1) is 0 Å². The SMILES string of the molecule is CCCCCCCCCCCOC(=O)CCCC(CN(CCCNC(=O)OC(C)(C)C)CC(CCCCCC(=O)OC(CCCCCCCC)CCCCCCCC)O[Si](C)(C)C(C)(C)C)O[Si](C)(C)C(C)(C)C. The highest BCUT2D eigenvalue weighted by Gasteiger charge is 2.41. The monoisotopic (exact) mass is 1080 g/mol. The van der Waals surface area contributed by atoms with E-state index in [1.165, 1.54) is 109 Å². The van der Waals surface area contributed by atoms with E-state index in [-0.39, 0.29) is 40.3 Å². The average molecular weight is 1080 g/mol. The lowest BCUT2D eigenvalue weighted by atomic mass is 10.0. The second kappa shape index (κ2) is 41.6. The third kappa shape index (κ3) is 39.8. The Labute approximate surface area is 461 Å². The second-order valence-corrected chi connectivity index (χ2v) is 35.8. The Morgan fingerprint density at radius 3 is 1.27 bits per heavy atom. The predicted octanol–water partition coefficient (Wildman–Crippen LogP) is 18.6. The van der Waals surface area contributed by atoms with Crippen LogP contribution < -0.4 is 5.32 Å². The van der Waals surface area contributed by atoms with Crippen LogP contribution in [0.1, 0.15) is 289 Å². The Kier molecular flexibility index (Phi) is 40.7. The number of nitrogens with one attached hydrogen (secondary N) is 1. The minimum absolute atomic E-state index is 0.00903. The third-order valence-electron chi connectivity index (χ3n) is 15.7. The van der Waals surface area contributed by atoms with Gasteiger partial charge < -0.3 is 28.4 Å². The quantitative estimate of drug-likeness (QED) is 0.0275. The molecular weight excluding hydrogens is 957 g/mol. The molecule has 74 heavy (non-hydrogen) atoms. The zero-order valence-corrected chi connectivity index (χ0v) is 54.1. The Balaban J connectivity index is 6.11. The number of alkyl carbamates (subject to hydrolysis) is 1. The number of ether oxygens (including phenoxy) is 3.